The normalized spacial score (nSPS) is 10.9. The fourth-order valence-corrected chi connectivity index (χ4v) is 2.39. The van der Waals surface area contributed by atoms with E-state index in [1.54, 1.807) is 38.4 Å². The second-order valence-electron chi connectivity index (χ2n) is 5.74. The summed E-state index contributed by atoms with van der Waals surface area (Å²) in [6, 6.07) is 7.00. The van der Waals surface area contributed by atoms with Crippen LogP contribution >= 0.6 is 11.6 Å². The fourth-order valence-electron chi connectivity index (χ4n) is 2.21. The van der Waals surface area contributed by atoms with Gasteiger partial charge in [-0.2, -0.15) is 0 Å². The molecule has 8 heteroatoms. The topological polar surface area (TPSA) is 73.5 Å². The van der Waals surface area contributed by atoms with Crippen molar-refractivity contribution in [2.45, 2.75) is 0 Å². The molecule has 2 rings (SSSR count). The second-order valence-corrected chi connectivity index (χ2v) is 6.18. The van der Waals surface area contributed by atoms with Crippen LogP contribution < -0.4 is 16.0 Å². The van der Waals surface area contributed by atoms with E-state index in [9.17, 15) is 14.4 Å². The summed E-state index contributed by atoms with van der Waals surface area (Å²) in [5.74, 6) is 0.346. The first kappa shape index (κ1) is 19.5. The van der Waals surface area contributed by atoms with Gasteiger partial charge in [-0.1, -0.05) is 17.7 Å². The van der Waals surface area contributed by atoms with Gasteiger partial charge in [-0.25, -0.2) is 4.79 Å². The smallest absolute Gasteiger partial charge is 0.330 e. The number of benzene rings is 1. The predicted molar refractivity (Wildman–Crippen MR) is 101 cm³/mol. The van der Waals surface area contributed by atoms with Gasteiger partial charge >= 0.3 is 5.69 Å². The third-order valence-electron chi connectivity index (χ3n) is 3.75. The van der Waals surface area contributed by atoms with E-state index >= 15 is 0 Å². The zero-order valence-corrected chi connectivity index (χ0v) is 15.6. The van der Waals surface area contributed by atoms with Gasteiger partial charge in [0, 0.05) is 38.4 Å². The summed E-state index contributed by atoms with van der Waals surface area (Å²) in [5.41, 5.74) is -0.621. The Kier molecular flexibility index (Phi) is 6.41. The fraction of sp³-hybridized carbons (Fsp3) is 0.278. The van der Waals surface area contributed by atoms with E-state index in [2.05, 4.69) is 0 Å². The molecule has 0 fully saturated rings. The van der Waals surface area contributed by atoms with Crippen LogP contribution in [0.1, 0.15) is 5.56 Å². The van der Waals surface area contributed by atoms with Crippen LogP contribution in [0.15, 0.2) is 46.1 Å². The molecule has 1 aromatic heterocycles. The Morgan fingerprint density at radius 1 is 1.31 bits per heavy atom. The van der Waals surface area contributed by atoms with Crippen LogP contribution in [0.5, 0.6) is 5.75 Å². The largest absolute Gasteiger partial charge is 0.492 e. The van der Waals surface area contributed by atoms with Gasteiger partial charge in [-0.05, 0) is 24.3 Å². The maximum Gasteiger partial charge on any atom is 0.330 e. The number of likely N-dealkylation sites (N-methyl/N-ethyl adjacent to an activating group) is 1. The van der Waals surface area contributed by atoms with Crippen molar-refractivity contribution in [1.29, 1.82) is 0 Å². The molecule has 0 N–H and O–H groups in total. The highest BCUT2D eigenvalue weighted by Gasteiger charge is 2.08. The minimum absolute atomic E-state index is 0.256. The first-order valence-electron chi connectivity index (χ1n) is 7.88. The first-order valence-corrected chi connectivity index (χ1v) is 8.25. The number of ether oxygens (including phenoxy) is 1. The molecule has 0 atom stereocenters. The van der Waals surface area contributed by atoms with Crippen LogP contribution in [0.2, 0.25) is 5.02 Å². The van der Waals surface area contributed by atoms with Gasteiger partial charge in [0.1, 0.15) is 12.4 Å². The van der Waals surface area contributed by atoms with Crippen LogP contribution in [0.3, 0.4) is 0 Å². The number of halogens is 1. The summed E-state index contributed by atoms with van der Waals surface area (Å²) in [4.78, 5) is 37.3. The van der Waals surface area contributed by atoms with Gasteiger partial charge in [-0.3, -0.25) is 14.2 Å². The summed E-state index contributed by atoms with van der Waals surface area (Å²) in [7, 11) is 4.57. The zero-order chi connectivity index (χ0) is 19.3. The monoisotopic (exact) mass is 377 g/mol. The van der Waals surface area contributed by atoms with Crippen molar-refractivity contribution >= 4 is 23.6 Å². The lowest BCUT2D eigenvalue weighted by Gasteiger charge is -2.15. The van der Waals surface area contributed by atoms with Crippen LogP contribution in [0.4, 0.5) is 0 Å². The molecule has 0 saturated heterocycles. The van der Waals surface area contributed by atoms with Crippen LogP contribution in [-0.4, -0.2) is 40.1 Å². The summed E-state index contributed by atoms with van der Waals surface area (Å²) in [6.45, 7) is 0.666. The van der Waals surface area contributed by atoms with Gasteiger partial charge in [0.05, 0.1) is 12.1 Å². The highest BCUT2D eigenvalue weighted by Crippen LogP contribution is 2.16. The van der Waals surface area contributed by atoms with Crippen molar-refractivity contribution in [2.24, 2.45) is 14.1 Å². The van der Waals surface area contributed by atoms with Gasteiger partial charge in [0.25, 0.3) is 5.56 Å². The molecular formula is C18H20ClN3O4. The summed E-state index contributed by atoms with van der Waals surface area (Å²) in [5, 5.41) is 0.578. The van der Waals surface area contributed by atoms with Crippen LogP contribution in [0.25, 0.3) is 6.08 Å². The van der Waals surface area contributed by atoms with E-state index in [-0.39, 0.29) is 11.5 Å². The number of amides is 1. The second kappa shape index (κ2) is 8.53. The SMILES string of the molecule is CN(CCOc1cccc(Cl)c1)C(=O)/C=C/c1cn(C)c(=O)n(C)c1=O. The number of aromatic nitrogens is 2. The average molecular weight is 378 g/mol. The van der Waals surface area contributed by atoms with Crippen molar-refractivity contribution in [1.82, 2.24) is 14.0 Å². The Morgan fingerprint density at radius 3 is 2.73 bits per heavy atom. The lowest BCUT2D eigenvalue weighted by atomic mass is 10.3. The first-order chi connectivity index (χ1) is 12.3. The van der Waals surface area contributed by atoms with E-state index in [0.717, 1.165) is 4.57 Å². The zero-order valence-electron chi connectivity index (χ0n) is 14.8. The number of carbonyl (C=O) groups is 1. The predicted octanol–water partition coefficient (Wildman–Crippen LogP) is 1.29. The van der Waals surface area contributed by atoms with Crippen molar-refractivity contribution in [3.05, 3.63) is 68.0 Å². The average Bonchev–Trinajstić information content (AvgIpc) is 2.61. The molecule has 0 saturated carbocycles. The number of hydrogen-bond acceptors (Lipinski definition) is 4. The molecule has 7 nitrogen and oxygen atoms in total. The van der Waals surface area contributed by atoms with Crippen molar-refractivity contribution in [3.63, 3.8) is 0 Å². The van der Waals surface area contributed by atoms with Crippen LogP contribution in [-0.2, 0) is 18.9 Å². The minimum Gasteiger partial charge on any atom is -0.492 e. The summed E-state index contributed by atoms with van der Waals surface area (Å²) < 4.78 is 7.82. The lowest BCUT2D eigenvalue weighted by molar-refractivity contribution is -0.125. The van der Waals surface area contributed by atoms with E-state index < -0.39 is 11.2 Å². The van der Waals surface area contributed by atoms with Gasteiger partial charge in [-0.15, -0.1) is 0 Å². The van der Waals surface area contributed by atoms with Gasteiger partial charge in [0.2, 0.25) is 5.91 Å². The number of rotatable bonds is 6. The van der Waals surface area contributed by atoms with E-state index in [1.165, 1.54) is 34.9 Å². The molecule has 1 aromatic carbocycles. The highest BCUT2D eigenvalue weighted by atomic mass is 35.5. The third kappa shape index (κ3) is 4.86. The molecule has 0 aliphatic carbocycles. The Morgan fingerprint density at radius 2 is 2.04 bits per heavy atom. The summed E-state index contributed by atoms with van der Waals surface area (Å²) in [6.07, 6.45) is 4.09. The number of hydrogen-bond donors (Lipinski definition) is 0. The maximum atomic E-state index is 12.1. The quantitative estimate of drug-likeness (QED) is 0.711. The lowest BCUT2D eigenvalue weighted by Crippen LogP contribution is -2.37. The van der Waals surface area contributed by atoms with E-state index in [0.29, 0.717) is 23.9 Å². The van der Waals surface area contributed by atoms with Crippen LogP contribution in [0, 0.1) is 0 Å². The molecule has 1 heterocycles. The maximum absolute atomic E-state index is 12.1. The van der Waals surface area contributed by atoms with Gasteiger partial charge in [0.15, 0.2) is 0 Å². The van der Waals surface area contributed by atoms with E-state index in [1.807, 2.05) is 0 Å². The highest BCUT2D eigenvalue weighted by molar-refractivity contribution is 6.30. The van der Waals surface area contributed by atoms with Gasteiger partial charge < -0.3 is 14.2 Å². The molecule has 0 spiro atoms. The standard InChI is InChI=1S/C18H20ClN3O4/c1-20(9-10-26-15-6-4-5-14(19)11-15)16(23)8-7-13-12-21(2)18(25)22(3)17(13)24/h4-8,11-12H,9-10H2,1-3H3/b8-7+. The molecule has 0 bridgehead atoms. The number of carbonyl (C=O) groups excluding carboxylic acids is 1. The Bertz CT molecular complexity index is 946. The Labute approximate surface area is 155 Å². The Hall–Kier alpha value is -2.80. The summed E-state index contributed by atoms with van der Waals surface area (Å²) >= 11 is 5.88. The van der Waals surface area contributed by atoms with E-state index in [4.69, 9.17) is 16.3 Å². The molecule has 1 amide bonds. The number of aryl methyl sites for hydroxylation is 1. The van der Waals surface area contributed by atoms with Crippen molar-refractivity contribution in [2.75, 3.05) is 20.2 Å². The number of nitrogens with zero attached hydrogens (tertiary/aromatic N) is 3. The Balaban J connectivity index is 1.96. The molecule has 2 aromatic rings. The third-order valence-corrected chi connectivity index (χ3v) is 3.98. The van der Waals surface area contributed by atoms with Crippen molar-refractivity contribution < 1.29 is 9.53 Å². The van der Waals surface area contributed by atoms with Crippen molar-refractivity contribution in [3.8, 4) is 5.75 Å². The molecule has 0 aliphatic heterocycles. The molecule has 0 unspecified atom stereocenters. The molecule has 0 radical (unpaired) electrons. The molecule has 26 heavy (non-hydrogen) atoms. The molecule has 138 valence electrons. The molecule has 0 aliphatic rings. The minimum atomic E-state index is -0.455. The molecular weight excluding hydrogens is 358 g/mol.